The van der Waals surface area contributed by atoms with E-state index >= 15 is 0 Å². The van der Waals surface area contributed by atoms with E-state index in [2.05, 4.69) is 47.5 Å². The van der Waals surface area contributed by atoms with E-state index in [9.17, 15) is 0 Å². The Balaban J connectivity index is 1.50. The zero-order chi connectivity index (χ0) is 20.3. The quantitative estimate of drug-likeness (QED) is 0.439. The summed E-state index contributed by atoms with van der Waals surface area (Å²) >= 11 is 0. The molecule has 0 bridgehead atoms. The fourth-order valence-corrected chi connectivity index (χ4v) is 4.44. The number of likely N-dealkylation sites (tertiary alicyclic amines) is 1. The Kier molecular flexibility index (Phi) is 5.39. The van der Waals surface area contributed by atoms with Gasteiger partial charge in [0.25, 0.3) is 0 Å². The Morgan fingerprint density at radius 1 is 1.07 bits per heavy atom. The van der Waals surface area contributed by atoms with Crippen LogP contribution in [0.5, 0.6) is 0 Å². The SMILES string of the molecule is COC[C@@H]1CCCN1Cc1cn(Cc2ccccc2)nc1-c1cc2ccccc2o1. The summed E-state index contributed by atoms with van der Waals surface area (Å²) in [6.45, 7) is 3.47. The van der Waals surface area contributed by atoms with Gasteiger partial charge in [-0.3, -0.25) is 9.58 Å². The molecule has 0 amide bonds. The molecule has 2 aromatic heterocycles. The predicted octanol–water partition coefficient (Wildman–Crippen LogP) is 4.96. The molecule has 3 heterocycles. The van der Waals surface area contributed by atoms with Crippen molar-refractivity contribution in [3.05, 3.63) is 78.0 Å². The highest BCUT2D eigenvalue weighted by molar-refractivity contribution is 5.82. The molecule has 2 aromatic carbocycles. The zero-order valence-corrected chi connectivity index (χ0v) is 17.3. The van der Waals surface area contributed by atoms with Crippen molar-refractivity contribution in [2.24, 2.45) is 0 Å². The highest BCUT2D eigenvalue weighted by Crippen LogP contribution is 2.31. The van der Waals surface area contributed by atoms with Crippen molar-refractivity contribution in [2.75, 3.05) is 20.3 Å². The van der Waals surface area contributed by atoms with E-state index in [4.69, 9.17) is 14.3 Å². The van der Waals surface area contributed by atoms with Crippen molar-refractivity contribution in [3.63, 3.8) is 0 Å². The second-order valence-electron chi connectivity index (χ2n) is 8.06. The van der Waals surface area contributed by atoms with Gasteiger partial charge in [-0.2, -0.15) is 5.10 Å². The first-order valence-corrected chi connectivity index (χ1v) is 10.6. The molecule has 0 unspecified atom stereocenters. The average molecular weight is 402 g/mol. The van der Waals surface area contributed by atoms with Crippen LogP contribution in [-0.4, -0.2) is 41.0 Å². The number of furan rings is 1. The molecule has 0 spiro atoms. The molecule has 154 valence electrons. The Morgan fingerprint density at radius 3 is 2.73 bits per heavy atom. The molecule has 1 saturated heterocycles. The third-order valence-corrected chi connectivity index (χ3v) is 5.92. The lowest BCUT2D eigenvalue weighted by Gasteiger charge is -2.23. The van der Waals surface area contributed by atoms with E-state index in [1.165, 1.54) is 24.0 Å². The summed E-state index contributed by atoms with van der Waals surface area (Å²) in [5.41, 5.74) is 4.27. The molecule has 4 aromatic rings. The van der Waals surface area contributed by atoms with Gasteiger partial charge in [0.15, 0.2) is 5.76 Å². The Labute approximate surface area is 176 Å². The maximum atomic E-state index is 6.18. The minimum Gasteiger partial charge on any atom is -0.454 e. The fourth-order valence-electron chi connectivity index (χ4n) is 4.44. The summed E-state index contributed by atoms with van der Waals surface area (Å²) in [5, 5.41) is 6.06. The first-order chi connectivity index (χ1) is 14.8. The van der Waals surface area contributed by atoms with E-state index in [0.717, 1.165) is 48.7 Å². The van der Waals surface area contributed by atoms with Gasteiger partial charge in [0.1, 0.15) is 11.3 Å². The second kappa shape index (κ2) is 8.46. The molecule has 0 saturated carbocycles. The van der Waals surface area contributed by atoms with Gasteiger partial charge < -0.3 is 9.15 Å². The highest BCUT2D eigenvalue weighted by Gasteiger charge is 2.26. The number of hydrogen-bond acceptors (Lipinski definition) is 4. The number of aromatic nitrogens is 2. The van der Waals surface area contributed by atoms with Crippen LogP contribution >= 0.6 is 0 Å². The molecule has 5 heteroatoms. The number of ether oxygens (including phenoxy) is 1. The Morgan fingerprint density at radius 2 is 1.90 bits per heavy atom. The summed E-state index contributed by atoms with van der Waals surface area (Å²) in [6, 6.07) is 21.2. The summed E-state index contributed by atoms with van der Waals surface area (Å²) in [7, 11) is 1.79. The highest BCUT2D eigenvalue weighted by atomic mass is 16.5. The standard InChI is InChI=1S/C25H27N3O2/c1-29-18-22-11-7-13-27(22)16-21-17-28(15-19-8-3-2-4-9-19)26-25(21)24-14-20-10-5-6-12-23(20)30-24/h2-6,8-10,12,14,17,22H,7,11,13,15-16,18H2,1H3/t22-/m0/s1. The van der Waals surface area contributed by atoms with Crippen LogP contribution < -0.4 is 0 Å². The van der Waals surface area contributed by atoms with Crippen molar-refractivity contribution < 1.29 is 9.15 Å². The van der Waals surface area contributed by atoms with Crippen LogP contribution in [-0.2, 0) is 17.8 Å². The van der Waals surface area contributed by atoms with Crippen LogP contribution in [0.2, 0.25) is 0 Å². The van der Waals surface area contributed by atoms with Crippen molar-refractivity contribution in [1.82, 2.24) is 14.7 Å². The lowest BCUT2D eigenvalue weighted by molar-refractivity contribution is 0.112. The topological polar surface area (TPSA) is 43.4 Å². The van der Waals surface area contributed by atoms with E-state index < -0.39 is 0 Å². The predicted molar refractivity (Wildman–Crippen MR) is 118 cm³/mol. The lowest BCUT2D eigenvalue weighted by atomic mass is 10.1. The molecule has 0 N–H and O–H groups in total. The largest absolute Gasteiger partial charge is 0.454 e. The molecule has 1 atom stereocenters. The normalized spacial score (nSPS) is 17.2. The van der Waals surface area contributed by atoms with Gasteiger partial charge >= 0.3 is 0 Å². The molecule has 30 heavy (non-hydrogen) atoms. The maximum Gasteiger partial charge on any atom is 0.156 e. The zero-order valence-electron chi connectivity index (χ0n) is 17.3. The van der Waals surface area contributed by atoms with Crippen LogP contribution in [0.25, 0.3) is 22.4 Å². The van der Waals surface area contributed by atoms with Crippen molar-refractivity contribution in [1.29, 1.82) is 0 Å². The average Bonchev–Trinajstić information content (AvgIpc) is 3.48. The summed E-state index contributed by atoms with van der Waals surface area (Å²) < 4.78 is 13.7. The molecule has 5 rings (SSSR count). The Hall–Kier alpha value is -2.89. The third-order valence-electron chi connectivity index (χ3n) is 5.92. The van der Waals surface area contributed by atoms with Gasteiger partial charge in [-0.1, -0.05) is 48.5 Å². The number of fused-ring (bicyclic) bond motifs is 1. The summed E-state index contributed by atoms with van der Waals surface area (Å²) in [6.07, 6.45) is 4.58. The molecule has 0 aliphatic carbocycles. The molecular formula is C25H27N3O2. The van der Waals surface area contributed by atoms with Gasteiger partial charge in [0.05, 0.1) is 13.2 Å². The first kappa shape index (κ1) is 19.1. The van der Waals surface area contributed by atoms with Crippen LogP contribution in [0.1, 0.15) is 24.0 Å². The van der Waals surface area contributed by atoms with Crippen LogP contribution in [0.15, 0.2) is 71.3 Å². The van der Waals surface area contributed by atoms with Gasteiger partial charge in [-0.15, -0.1) is 0 Å². The third kappa shape index (κ3) is 3.91. The molecule has 1 aliphatic heterocycles. The number of rotatable bonds is 7. The van der Waals surface area contributed by atoms with E-state index in [1.807, 2.05) is 28.9 Å². The molecule has 5 nitrogen and oxygen atoms in total. The smallest absolute Gasteiger partial charge is 0.156 e. The van der Waals surface area contributed by atoms with Gasteiger partial charge in [0.2, 0.25) is 0 Å². The molecule has 1 fully saturated rings. The van der Waals surface area contributed by atoms with Crippen LogP contribution in [0.3, 0.4) is 0 Å². The molecule has 1 aliphatic rings. The molecule has 0 radical (unpaired) electrons. The van der Waals surface area contributed by atoms with E-state index in [1.54, 1.807) is 7.11 Å². The van der Waals surface area contributed by atoms with Crippen molar-refractivity contribution in [3.8, 4) is 11.5 Å². The number of nitrogens with zero attached hydrogens (tertiary/aromatic N) is 3. The van der Waals surface area contributed by atoms with Crippen molar-refractivity contribution >= 4 is 11.0 Å². The maximum absolute atomic E-state index is 6.18. The van der Waals surface area contributed by atoms with Crippen molar-refractivity contribution in [2.45, 2.75) is 32.0 Å². The second-order valence-corrected chi connectivity index (χ2v) is 8.06. The first-order valence-electron chi connectivity index (χ1n) is 10.6. The number of benzene rings is 2. The monoisotopic (exact) mass is 401 g/mol. The molecular weight excluding hydrogens is 374 g/mol. The van der Waals surface area contributed by atoms with Gasteiger partial charge in [-0.05, 0) is 37.1 Å². The van der Waals surface area contributed by atoms with E-state index in [-0.39, 0.29) is 0 Å². The number of methoxy groups -OCH3 is 1. The van der Waals surface area contributed by atoms with Crippen LogP contribution in [0, 0.1) is 0 Å². The van der Waals surface area contributed by atoms with Crippen LogP contribution in [0.4, 0.5) is 0 Å². The van der Waals surface area contributed by atoms with Gasteiger partial charge in [-0.25, -0.2) is 0 Å². The minimum absolute atomic E-state index is 0.469. The number of para-hydroxylation sites is 1. The summed E-state index contributed by atoms with van der Waals surface area (Å²) in [5.74, 6) is 0.834. The van der Waals surface area contributed by atoms with E-state index in [0.29, 0.717) is 6.04 Å². The number of hydrogen-bond donors (Lipinski definition) is 0. The van der Waals surface area contributed by atoms with Gasteiger partial charge in [0, 0.05) is 36.8 Å². The fraction of sp³-hybridized carbons (Fsp3) is 0.320. The lowest BCUT2D eigenvalue weighted by Crippen LogP contribution is -2.32. The summed E-state index contributed by atoms with van der Waals surface area (Å²) in [4.78, 5) is 2.51. The minimum atomic E-state index is 0.469. The Bertz CT molecular complexity index is 1080.